The van der Waals surface area contributed by atoms with Crippen LogP contribution in [0.5, 0.6) is 5.75 Å². The van der Waals surface area contributed by atoms with Crippen molar-refractivity contribution in [2.75, 3.05) is 32.9 Å². The molecule has 0 unspecified atom stereocenters. The van der Waals surface area contributed by atoms with Crippen molar-refractivity contribution in [1.29, 1.82) is 0 Å². The molecular weight excluding hydrogens is 214 g/mol. The first-order valence-electron chi connectivity index (χ1n) is 6.40. The lowest BCUT2D eigenvalue weighted by Crippen LogP contribution is -2.19. The van der Waals surface area contributed by atoms with Gasteiger partial charge in [0.2, 0.25) is 0 Å². The van der Waals surface area contributed by atoms with Crippen molar-refractivity contribution in [1.82, 2.24) is 5.32 Å². The fraction of sp³-hybridized carbons (Fsp3) is 0.571. The number of benzene rings is 1. The van der Waals surface area contributed by atoms with Gasteiger partial charge in [-0.25, -0.2) is 0 Å². The zero-order valence-electron chi connectivity index (χ0n) is 10.7. The summed E-state index contributed by atoms with van der Waals surface area (Å²) in [4.78, 5) is 0. The Balaban J connectivity index is 1.85. The highest BCUT2D eigenvalue weighted by molar-refractivity contribution is 5.20. The number of hydrogen-bond donors (Lipinski definition) is 1. The van der Waals surface area contributed by atoms with Crippen molar-refractivity contribution in [3.63, 3.8) is 0 Å². The molecule has 17 heavy (non-hydrogen) atoms. The topological polar surface area (TPSA) is 30.5 Å². The van der Waals surface area contributed by atoms with Gasteiger partial charge in [-0.2, -0.15) is 0 Å². The van der Waals surface area contributed by atoms with E-state index in [0.717, 1.165) is 51.5 Å². The summed E-state index contributed by atoms with van der Waals surface area (Å²) in [5.74, 6) is 0.945. The van der Waals surface area contributed by atoms with Crippen LogP contribution in [-0.2, 0) is 4.74 Å². The minimum atomic E-state index is 0.764. The quantitative estimate of drug-likeness (QED) is 0.634. The molecule has 0 bridgehead atoms. The molecule has 0 heterocycles. The second-order valence-electron chi connectivity index (χ2n) is 3.83. The van der Waals surface area contributed by atoms with Crippen LogP contribution in [-0.4, -0.2) is 32.9 Å². The summed E-state index contributed by atoms with van der Waals surface area (Å²) in [6, 6.07) is 9.92. The lowest BCUT2D eigenvalue weighted by Gasteiger charge is -2.06. The zero-order chi connectivity index (χ0) is 12.2. The van der Waals surface area contributed by atoms with Crippen LogP contribution in [0.4, 0.5) is 0 Å². The van der Waals surface area contributed by atoms with Gasteiger partial charge in [0.25, 0.3) is 0 Å². The van der Waals surface area contributed by atoms with E-state index in [-0.39, 0.29) is 0 Å². The lowest BCUT2D eigenvalue weighted by atomic mass is 10.3. The molecule has 3 heteroatoms. The third-order valence-corrected chi connectivity index (χ3v) is 2.37. The number of nitrogens with one attached hydrogen (secondary N) is 1. The van der Waals surface area contributed by atoms with Crippen LogP contribution in [0.3, 0.4) is 0 Å². The normalized spacial score (nSPS) is 10.4. The Hall–Kier alpha value is -1.06. The second kappa shape index (κ2) is 10.1. The Kier molecular flexibility index (Phi) is 8.33. The smallest absolute Gasteiger partial charge is 0.119 e. The maximum absolute atomic E-state index is 5.58. The molecule has 0 aliphatic rings. The SMILES string of the molecule is CCNCCOCCCCOc1ccccc1. The van der Waals surface area contributed by atoms with Gasteiger partial charge in [-0.05, 0) is 31.5 Å². The number of ether oxygens (including phenoxy) is 2. The van der Waals surface area contributed by atoms with E-state index in [4.69, 9.17) is 9.47 Å². The minimum Gasteiger partial charge on any atom is -0.494 e. The lowest BCUT2D eigenvalue weighted by molar-refractivity contribution is 0.128. The van der Waals surface area contributed by atoms with E-state index >= 15 is 0 Å². The molecule has 0 saturated heterocycles. The summed E-state index contributed by atoms with van der Waals surface area (Å²) in [5, 5.41) is 3.22. The van der Waals surface area contributed by atoms with Gasteiger partial charge in [-0.3, -0.25) is 0 Å². The van der Waals surface area contributed by atoms with Crippen LogP contribution >= 0.6 is 0 Å². The predicted molar refractivity (Wildman–Crippen MR) is 70.5 cm³/mol. The van der Waals surface area contributed by atoms with E-state index in [0.29, 0.717) is 0 Å². The number of hydrogen-bond acceptors (Lipinski definition) is 3. The molecule has 0 saturated carbocycles. The summed E-state index contributed by atoms with van der Waals surface area (Å²) in [7, 11) is 0. The Bertz CT molecular complexity index is 264. The highest BCUT2D eigenvalue weighted by Gasteiger charge is 1.93. The molecule has 3 nitrogen and oxygen atoms in total. The predicted octanol–water partition coefficient (Wildman–Crippen LogP) is 2.47. The molecule has 1 aromatic carbocycles. The third kappa shape index (κ3) is 7.77. The highest BCUT2D eigenvalue weighted by atomic mass is 16.5. The van der Waals surface area contributed by atoms with E-state index in [1.165, 1.54) is 0 Å². The first-order valence-corrected chi connectivity index (χ1v) is 6.40. The van der Waals surface area contributed by atoms with Crippen LogP contribution in [0, 0.1) is 0 Å². The Morgan fingerprint density at radius 2 is 1.76 bits per heavy atom. The molecular formula is C14H23NO2. The first kappa shape index (κ1) is 14.0. The molecule has 1 N–H and O–H groups in total. The summed E-state index contributed by atoms with van der Waals surface area (Å²) in [6.07, 6.45) is 2.09. The average Bonchev–Trinajstić information content (AvgIpc) is 2.38. The second-order valence-corrected chi connectivity index (χ2v) is 3.83. The van der Waals surface area contributed by atoms with Crippen molar-refractivity contribution in [2.45, 2.75) is 19.8 Å². The molecule has 0 amide bonds. The Morgan fingerprint density at radius 1 is 1.00 bits per heavy atom. The third-order valence-electron chi connectivity index (χ3n) is 2.37. The fourth-order valence-electron chi connectivity index (χ4n) is 1.44. The van der Waals surface area contributed by atoms with Crippen LogP contribution in [0.25, 0.3) is 0 Å². The van der Waals surface area contributed by atoms with Gasteiger partial charge in [0, 0.05) is 13.2 Å². The summed E-state index contributed by atoms with van der Waals surface area (Å²) in [6.45, 7) is 6.43. The molecule has 0 aliphatic carbocycles. The van der Waals surface area contributed by atoms with Crippen molar-refractivity contribution >= 4 is 0 Å². The van der Waals surface area contributed by atoms with Gasteiger partial charge in [0.05, 0.1) is 13.2 Å². The summed E-state index contributed by atoms with van der Waals surface area (Å²) < 4.78 is 11.1. The van der Waals surface area contributed by atoms with Crippen LogP contribution < -0.4 is 10.1 Å². The Labute approximate surface area is 104 Å². The largest absolute Gasteiger partial charge is 0.494 e. The van der Waals surface area contributed by atoms with Crippen molar-refractivity contribution < 1.29 is 9.47 Å². The molecule has 1 aromatic rings. The molecule has 0 radical (unpaired) electrons. The first-order chi connectivity index (χ1) is 8.43. The molecule has 96 valence electrons. The fourth-order valence-corrected chi connectivity index (χ4v) is 1.44. The molecule has 0 spiro atoms. The number of likely N-dealkylation sites (N-methyl/N-ethyl adjacent to an activating group) is 1. The number of para-hydroxylation sites is 1. The molecule has 0 fully saturated rings. The van der Waals surface area contributed by atoms with Crippen LogP contribution in [0.15, 0.2) is 30.3 Å². The van der Waals surface area contributed by atoms with E-state index in [1.807, 2.05) is 30.3 Å². The van der Waals surface area contributed by atoms with Gasteiger partial charge in [0.15, 0.2) is 0 Å². The monoisotopic (exact) mass is 237 g/mol. The van der Waals surface area contributed by atoms with Gasteiger partial charge < -0.3 is 14.8 Å². The van der Waals surface area contributed by atoms with Crippen molar-refractivity contribution in [3.05, 3.63) is 30.3 Å². The van der Waals surface area contributed by atoms with E-state index in [2.05, 4.69) is 12.2 Å². The standard InChI is InChI=1S/C14H23NO2/c1-2-15-10-13-16-11-6-7-12-17-14-8-4-3-5-9-14/h3-5,8-9,15H,2,6-7,10-13H2,1H3. The highest BCUT2D eigenvalue weighted by Crippen LogP contribution is 2.08. The molecule has 0 aromatic heterocycles. The van der Waals surface area contributed by atoms with Gasteiger partial charge in [-0.1, -0.05) is 25.1 Å². The number of unbranched alkanes of at least 4 members (excludes halogenated alkanes) is 1. The maximum Gasteiger partial charge on any atom is 0.119 e. The van der Waals surface area contributed by atoms with Gasteiger partial charge in [0.1, 0.15) is 5.75 Å². The molecule has 1 rings (SSSR count). The summed E-state index contributed by atoms with van der Waals surface area (Å²) in [5.41, 5.74) is 0. The molecule has 0 atom stereocenters. The van der Waals surface area contributed by atoms with Crippen LogP contribution in [0.2, 0.25) is 0 Å². The number of rotatable bonds is 10. The maximum atomic E-state index is 5.58. The van der Waals surface area contributed by atoms with Crippen molar-refractivity contribution in [3.8, 4) is 5.75 Å². The molecule has 0 aliphatic heterocycles. The zero-order valence-corrected chi connectivity index (χ0v) is 10.7. The van der Waals surface area contributed by atoms with E-state index in [1.54, 1.807) is 0 Å². The van der Waals surface area contributed by atoms with Crippen LogP contribution in [0.1, 0.15) is 19.8 Å². The minimum absolute atomic E-state index is 0.764. The van der Waals surface area contributed by atoms with Crippen molar-refractivity contribution in [2.24, 2.45) is 0 Å². The van der Waals surface area contributed by atoms with Gasteiger partial charge >= 0.3 is 0 Å². The Morgan fingerprint density at radius 3 is 2.53 bits per heavy atom. The van der Waals surface area contributed by atoms with E-state index < -0.39 is 0 Å². The van der Waals surface area contributed by atoms with E-state index in [9.17, 15) is 0 Å². The summed E-state index contributed by atoms with van der Waals surface area (Å²) >= 11 is 0. The van der Waals surface area contributed by atoms with Gasteiger partial charge in [-0.15, -0.1) is 0 Å². The average molecular weight is 237 g/mol.